The lowest BCUT2D eigenvalue weighted by Crippen LogP contribution is -2.34. The van der Waals surface area contributed by atoms with Gasteiger partial charge in [-0.15, -0.1) is 0 Å². The van der Waals surface area contributed by atoms with Gasteiger partial charge in [0.25, 0.3) is 0 Å². The van der Waals surface area contributed by atoms with Crippen LogP contribution in [0.3, 0.4) is 0 Å². The molecule has 1 fully saturated rings. The van der Waals surface area contributed by atoms with Crippen molar-refractivity contribution in [3.05, 3.63) is 29.7 Å². The van der Waals surface area contributed by atoms with Gasteiger partial charge >= 0.3 is 0 Å². The molecular formula is C16H24N6. The van der Waals surface area contributed by atoms with E-state index in [4.69, 9.17) is 4.98 Å². The first-order valence-corrected chi connectivity index (χ1v) is 7.81. The normalized spacial score (nSPS) is 18.0. The van der Waals surface area contributed by atoms with E-state index in [-0.39, 0.29) is 0 Å². The van der Waals surface area contributed by atoms with Crippen molar-refractivity contribution < 1.29 is 0 Å². The zero-order valence-corrected chi connectivity index (χ0v) is 13.8. The smallest absolute Gasteiger partial charge is 0.227 e. The van der Waals surface area contributed by atoms with E-state index in [2.05, 4.69) is 28.1 Å². The Morgan fingerprint density at radius 2 is 2.09 bits per heavy atom. The van der Waals surface area contributed by atoms with E-state index < -0.39 is 0 Å². The van der Waals surface area contributed by atoms with Crippen LogP contribution in [-0.2, 0) is 6.54 Å². The Kier molecular flexibility index (Phi) is 4.00. The fraction of sp³-hybridized carbons (Fsp3) is 0.562. The summed E-state index contributed by atoms with van der Waals surface area (Å²) in [6.45, 7) is 6.01. The van der Waals surface area contributed by atoms with Gasteiger partial charge in [0, 0.05) is 38.6 Å². The average molecular weight is 300 g/mol. The van der Waals surface area contributed by atoms with E-state index in [1.165, 1.54) is 12.0 Å². The van der Waals surface area contributed by atoms with Gasteiger partial charge in [0.2, 0.25) is 5.95 Å². The quantitative estimate of drug-likeness (QED) is 0.864. The molecular weight excluding hydrogens is 276 g/mol. The molecule has 2 aromatic rings. The number of hydrogen-bond donors (Lipinski definition) is 0. The molecule has 3 rings (SSSR count). The van der Waals surface area contributed by atoms with Crippen molar-refractivity contribution >= 4 is 11.8 Å². The fourth-order valence-electron chi connectivity index (χ4n) is 2.97. The van der Waals surface area contributed by atoms with Gasteiger partial charge in [-0.2, -0.15) is 10.1 Å². The molecule has 0 aromatic carbocycles. The third-order valence-electron chi connectivity index (χ3n) is 4.08. The summed E-state index contributed by atoms with van der Waals surface area (Å²) < 4.78 is 2.03. The second kappa shape index (κ2) is 5.94. The highest BCUT2D eigenvalue weighted by Gasteiger charge is 2.27. The molecule has 2 aromatic heterocycles. The lowest BCUT2D eigenvalue weighted by Gasteiger charge is -2.26. The van der Waals surface area contributed by atoms with Crippen molar-refractivity contribution in [3.8, 4) is 0 Å². The minimum atomic E-state index is 0.413. The molecule has 6 nitrogen and oxygen atoms in total. The summed E-state index contributed by atoms with van der Waals surface area (Å²) in [5, 5.41) is 4.41. The monoisotopic (exact) mass is 300 g/mol. The number of nitrogens with zero attached hydrogens (tertiary/aromatic N) is 6. The Morgan fingerprint density at radius 1 is 1.27 bits per heavy atom. The van der Waals surface area contributed by atoms with Crippen LogP contribution in [0.25, 0.3) is 0 Å². The minimum absolute atomic E-state index is 0.413. The molecule has 1 saturated heterocycles. The van der Waals surface area contributed by atoms with E-state index in [0.717, 1.165) is 37.0 Å². The van der Waals surface area contributed by atoms with Gasteiger partial charge in [0.15, 0.2) is 0 Å². The molecule has 0 saturated carbocycles. The van der Waals surface area contributed by atoms with Crippen LogP contribution in [0.15, 0.2) is 18.5 Å². The molecule has 0 spiro atoms. The molecule has 1 aliphatic heterocycles. The first kappa shape index (κ1) is 14.8. The molecule has 6 heteroatoms. The summed E-state index contributed by atoms with van der Waals surface area (Å²) in [6, 6.07) is 2.43. The van der Waals surface area contributed by atoms with Gasteiger partial charge in [-0.25, -0.2) is 4.98 Å². The highest BCUT2D eigenvalue weighted by molar-refractivity contribution is 5.45. The Morgan fingerprint density at radius 3 is 2.77 bits per heavy atom. The van der Waals surface area contributed by atoms with Crippen molar-refractivity contribution in [2.75, 3.05) is 30.4 Å². The van der Waals surface area contributed by atoms with Gasteiger partial charge in [-0.1, -0.05) is 0 Å². The van der Waals surface area contributed by atoms with E-state index in [1.807, 2.05) is 42.9 Å². The molecule has 22 heavy (non-hydrogen) atoms. The number of anilines is 2. The molecule has 0 radical (unpaired) electrons. The average Bonchev–Trinajstić information content (AvgIpc) is 3.08. The molecule has 0 aliphatic carbocycles. The summed E-state index contributed by atoms with van der Waals surface area (Å²) >= 11 is 0. The molecule has 0 amide bonds. The van der Waals surface area contributed by atoms with Gasteiger partial charge in [-0.3, -0.25) is 4.68 Å². The zero-order valence-electron chi connectivity index (χ0n) is 13.8. The van der Waals surface area contributed by atoms with Crippen LogP contribution in [-0.4, -0.2) is 46.4 Å². The fourth-order valence-corrected chi connectivity index (χ4v) is 2.97. The summed E-state index contributed by atoms with van der Waals surface area (Å²) in [5.41, 5.74) is 2.21. The topological polar surface area (TPSA) is 50.1 Å². The predicted octanol–water partition coefficient (Wildman–Crippen LogP) is 2.02. The minimum Gasteiger partial charge on any atom is -0.363 e. The van der Waals surface area contributed by atoms with Gasteiger partial charge in [-0.05, 0) is 32.3 Å². The van der Waals surface area contributed by atoms with Crippen molar-refractivity contribution in [3.63, 3.8) is 0 Å². The largest absolute Gasteiger partial charge is 0.363 e. The van der Waals surface area contributed by atoms with Gasteiger partial charge in [0.05, 0.1) is 18.8 Å². The van der Waals surface area contributed by atoms with Gasteiger partial charge < -0.3 is 9.80 Å². The SMILES string of the molecule is Cc1cnn(C[C@H]2CCCN2c2nc(C)cc(N(C)C)n2)c1. The Labute approximate surface area is 131 Å². The number of aromatic nitrogens is 4. The number of hydrogen-bond acceptors (Lipinski definition) is 5. The third kappa shape index (κ3) is 3.05. The molecule has 3 heterocycles. The highest BCUT2D eigenvalue weighted by Crippen LogP contribution is 2.25. The maximum absolute atomic E-state index is 4.72. The molecule has 1 aliphatic rings. The summed E-state index contributed by atoms with van der Waals surface area (Å²) in [6.07, 6.45) is 6.35. The van der Waals surface area contributed by atoms with Crippen LogP contribution in [0.4, 0.5) is 11.8 Å². The van der Waals surface area contributed by atoms with Crippen LogP contribution in [0.5, 0.6) is 0 Å². The van der Waals surface area contributed by atoms with Gasteiger partial charge in [0.1, 0.15) is 5.82 Å². The van der Waals surface area contributed by atoms with Crippen molar-refractivity contribution in [2.45, 2.75) is 39.3 Å². The lowest BCUT2D eigenvalue weighted by atomic mass is 10.2. The number of aryl methyl sites for hydroxylation is 2. The standard InChI is InChI=1S/C16H24N6/c1-12-9-17-21(10-12)11-14-6-5-7-22(14)16-18-13(2)8-15(19-16)20(3)4/h8-10,14H,5-7,11H2,1-4H3/t14-/m1/s1. The van der Waals surface area contributed by atoms with Crippen molar-refractivity contribution in [2.24, 2.45) is 0 Å². The number of rotatable bonds is 4. The Bertz CT molecular complexity index is 648. The first-order valence-electron chi connectivity index (χ1n) is 7.81. The maximum atomic E-state index is 4.72. The third-order valence-corrected chi connectivity index (χ3v) is 4.08. The van der Waals surface area contributed by atoms with Crippen molar-refractivity contribution in [1.29, 1.82) is 0 Å². The summed E-state index contributed by atoms with van der Waals surface area (Å²) in [4.78, 5) is 13.7. The molecule has 0 unspecified atom stereocenters. The van der Waals surface area contributed by atoms with Crippen LogP contribution >= 0.6 is 0 Å². The van der Waals surface area contributed by atoms with Crippen LogP contribution in [0.1, 0.15) is 24.1 Å². The Balaban J connectivity index is 1.83. The van der Waals surface area contributed by atoms with E-state index >= 15 is 0 Å². The van der Waals surface area contributed by atoms with Crippen molar-refractivity contribution in [1.82, 2.24) is 19.7 Å². The summed E-state index contributed by atoms with van der Waals surface area (Å²) in [5.74, 6) is 1.80. The first-order chi connectivity index (χ1) is 10.5. The van der Waals surface area contributed by atoms with Crippen LogP contribution in [0.2, 0.25) is 0 Å². The molecule has 118 valence electrons. The maximum Gasteiger partial charge on any atom is 0.227 e. The second-order valence-corrected chi connectivity index (χ2v) is 6.29. The second-order valence-electron chi connectivity index (χ2n) is 6.29. The van der Waals surface area contributed by atoms with Crippen LogP contribution < -0.4 is 9.80 Å². The lowest BCUT2D eigenvalue weighted by molar-refractivity contribution is 0.504. The summed E-state index contributed by atoms with van der Waals surface area (Å²) in [7, 11) is 4.03. The highest BCUT2D eigenvalue weighted by atomic mass is 15.3. The molecule has 0 bridgehead atoms. The zero-order chi connectivity index (χ0) is 15.7. The molecule has 1 atom stereocenters. The van der Waals surface area contributed by atoms with E-state index in [9.17, 15) is 0 Å². The van der Waals surface area contributed by atoms with E-state index in [1.54, 1.807) is 0 Å². The molecule has 0 N–H and O–H groups in total. The van der Waals surface area contributed by atoms with E-state index in [0.29, 0.717) is 6.04 Å². The van der Waals surface area contributed by atoms with Crippen LogP contribution in [0, 0.1) is 13.8 Å². The Hall–Kier alpha value is -2.11. The predicted molar refractivity (Wildman–Crippen MR) is 88.4 cm³/mol.